The molecule has 136 valence electrons. The third-order valence-corrected chi connectivity index (χ3v) is 2.79. The molecular weight excluding hydrogens is 441 g/mol. The molecule has 0 bridgehead atoms. The number of nitrogens with one attached hydrogen (secondary N) is 1. The van der Waals surface area contributed by atoms with E-state index in [-0.39, 0.29) is 47.8 Å². The van der Waals surface area contributed by atoms with Crippen molar-refractivity contribution in [3.8, 4) is 5.88 Å². The van der Waals surface area contributed by atoms with Crippen LogP contribution in [0.15, 0.2) is 41.4 Å². The maximum Gasteiger partial charge on any atom is 0.214 e. The van der Waals surface area contributed by atoms with Gasteiger partial charge in [0, 0.05) is 12.1 Å². The van der Waals surface area contributed by atoms with E-state index >= 15 is 0 Å². The molecule has 0 aliphatic heterocycles. The van der Waals surface area contributed by atoms with E-state index in [1.54, 1.807) is 18.2 Å². The molecule has 0 amide bonds. The predicted octanol–water partition coefficient (Wildman–Crippen LogP) is 4.08. The van der Waals surface area contributed by atoms with Gasteiger partial charge in [0.15, 0.2) is 5.96 Å². The first-order chi connectivity index (χ1) is 11.2. The van der Waals surface area contributed by atoms with Gasteiger partial charge in [0.25, 0.3) is 0 Å². The van der Waals surface area contributed by atoms with Gasteiger partial charge in [-0.25, -0.2) is 18.8 Å². The monoisotopic (exact) mass is 462 g/mol. The van der Waals surface area contributed by atoms with Gasteiger partial charge in [0.2, 0.25) is 5.88 Å². The number of nitrogens with zero attached hydrogens (tertiary/aromatic N) is 2. The molecular formula is C17H21F2IN4O. The zero-order chi connectivity index (χ0) is 17.7. The SMILES string of the molecule is CC(C)(C)Oc1cccc(CN=C(N)Nc2cc(F)ccc2F)n1.I. The Kier molecular flexibility index (Phi) is 7.53. The quantitative estimate of drug-likeness (QED) is 0.408. The van der Waals surface area contributed by atoms with Crippen molar-refractivity contribution in [2.75, 3.05) is 5.32 Å². The molecule has 8 heteroatoms. The minimum atomic E-state index is -0.617. The molecule has 0 unspecified atom stereocenters. The van der Waals surface area contributed by atoms with Crippen LogP contribution in [0.1, 0.15) is 26.5 Å². The Bertz CT molecular complexity index is 748. The Morgan fingerprint density at radius 1 is 1.24 bits per heavy atom. The highest BCUT2D eigenvalue weighted by molar-refractivity contribution is 14.0. The molecule has 2 rings (SSSR count). The third-order valence-electron chi connectivity index (χ3n) is 2.79. The zero-order valence-electron chi connectivity index (χ0n) is 14.2. The van der Waals surface area contributed by atoms with Crippen LogP contribution in [0.5, 0.6) is 5.88 Å². The Balaban J connectivity index is 0.00000312. The van der Waals surface area contributed by atoms with E-state index in [1.807, 2.05) is 20.8 Å². The van der Waals surface area contributed by atoms with Crippen LogP contribution in [0.25, 0.3) is 0 Å². The van der Waals surface area contributed by atoms with Crippen molar-refractivity contribution in [2.24, 2.45) is 10.7 Å². The average molecular weight is 462 g/mol. The van der Waals surface area contributed by atoms with Gasteiger partial charge in [-0.2, -0.15) is 0 Å². The van der Waals surface area contributed by atoms with Gasteiger partial charge >= 0.3 is 0 Å². The molecule has 0 spiro atoms. The summed E-state index contributed by atoms with van der Waals surface area (Å²) in [4.78, 5) is 8.40. The lowest BCUT2D eigenvalue weighted by molar-refractivity contribution is 0.124. The standard InChI is InChI=1S/C17H20F2N4O.HI/c1-17(2,3)24-15-6-4-5-12(22-15)10-21-16(20)23-14-9-11(18)7-8-13(14)19;/h4-9H,10H2,1-3H3,(H3,20,21,23);1H. The fourth-order valence-electron chi connectivity index (χ4n) is 1.85. The highest BCUT2D eigenvalue weighted by atomic mass is 127. The van der Waals surface area contributed by atoms with Crippen LogP contribution in [0.3, 0.4) is 0 Å². The van der Waals surface area contributed by atoms with Crippen LogP contribution < -0.4 is 15.8 Å². The zero-order valence-corrected chi connectivity index (χ0v) is 16.5. The number of guanidine groups is 1. The van der Waals surface area contributed by atoms with Crippen molar-refractivity contribution in [3.63, 3.8) is 0 Å². The van der Waals surface area contributed by atoms with Crippen LogP contribution in [0.2, 0.25) is 0 Å². The second-order valence-corrected chi connectivity index (χ2v) is 6.13. The first-order valence-corrected chi connectivity index (χ1v) is 7.40. The van der Waals surface area contributed by atoms with Gasteiger partial charge in [-0.1, -0.05) is 6.07 Å². The fourth-order valence-corrected chi connectivity index (χ4v) is 1.85. The van der Waals surface area contributed by atoms with Gasteiger partial charge < -0.3 is 15.8 Å². The Morgan fingerprint density at radius 3 is 2.64 bits per heavy atom. The number of nitrogens with two attached hydrogens (primary N) is 1. The van der Waals surface area contributed by atoms with Crippen molar-refractivity contribution >= 4 is 35.6 Å². The van der Waals surface area contributed by atoms with E-state index in [0.717, 1.165) is 18.2 Å². The molecule has 0 atom stereocenters. The number of ether oxygens (including phenoxy) is 1. The molecule has 0 saturated heterocycles. The highest BCUT2D eigenvalue weighted by Gasteiger charge is 2.12. The third kappa shape index (κ3) is 7.20. The van der Waals surface area contributed by atoms with Crippen LogP contribution in [-0.2, 0) is 6.54 Å². The summed E-state index contributed by atoms with van der Waals surface area (Å²) in [6, 6.07) is 8.37. The van der Waals surface area contributed by atoms with E-state index in [4.69, 9.17) is 10.5 Å². The summed E-state index contributed by atoms with van der Waals surface area (Å²) in [5.74, 6) is -0.741. The number of hydrogen-bond donors (Lipinski definition) is 2. The predicted molar refractivity (Wildman–Crippen MR) is 105 cm³/mol. The van der Waals surface area contributed by atoms with Gasteiger partial charge in [0.05, 0.1) is 17.9 Å². The Morgan fingerprint density at radius 2 is 1.96 bits per heavy atom. The van der Waals surface area contributed by atoms with Crippen molar-refractivity contribution in [2.45, 2.75) is 32.9 Å². The lowest BCUT2D eigenvalue weighted by Crippen LogP contribution is -2.24. The fraction of sp³-hybridized carbons (Fsp3) is 0.294. The number of benzene rings is 1. The number of pyridine rings is 1. The number of aliphatic imine (C=N–C) groups is 1. The van der Waals surface area contributed by atoms with Gasteiger partial charge in [-0.05, 0) is 39.0 Å². The second-order valence-electron chi connectivity index (χ2n) is 6.13. The average Bonchev–Trinajstić information content (AvgIpc) is 2.48. The summed E-state index contributed by atoms with van der Waals surface area (Å²) in [6.45, 7) is 5.95. The van der Waals surface area contributed by atoms with E-state index in [0.29, 0.717) is 11.6 Å². The molecule has 25 heavy (non-hydrogen) atoms. The van der Waals surface area contributed by atoms with E-state index in [9.17, 15) is 8.78 Å². The summed E-state index contributed by atoms with van der Waals surface area (Å²) in [5, 5.41) is 2.53. The maximum absolute atomic E-state index is 13.5. The Hall–Kier alpha value is -1.97. The summed E-state index contributed by atoms with van der Waals surface area (Å²) in [5.41, 5.74) is 5.91. The Labute approximate surface area is 162 Å². The highest BCUT2D eigenvalue weighted by Crippen LogP contribution is 2.16. The molecule has 1 heterocycles. The molecule has 0 aliphatic rings. The first-order valence-electron chi connectivity index (χ1n) is 7.40. The van der Waals surface area contributed by atoms with Crippen LogP contribution in [-0.4, -0.2) is 16.5 Å². The molecule has 0 saturated carbocycles. The minimum absolute atomic E-state index is 0. The number of rotatable bonds is 4. The lowest BCUT2D eigenvalue weighted by Gasteiger charge is -2.20. The molecule has 0 fully saturated rings. The van der Waals surface area contributed by atoms with Crippen molar-refractivity contribution in [3.05, 3.63) is 53.7 Å². The topological polar surface area (TPSA) is 72.5 Å². The van der Waals surface area contributed by atoms with Gasteiger partial charge in [0.1, 0.15) is 17.2 Å². The van der Waals surface area contributed by atoms with E-state index in [1.165, 1.54) is 0 Å². The molecule has 2 aromatic rings. The normalized spacial score (nSPS) is 11.6. The largest absolute Gasteiger partial charge is 0.472 e. The summed E-state index contributed by atoms with van der Waals surface area (Å²) >= 11 is 0. The molecule has 1 aromatic carbocycles. The number of hydrogen-bond acceptors (Lipinski definition) is 3. The minimum Gasteiger partial charge on any atom is -0.472 e. The molecule has 0 radical (unpaired) electrons. The maximum atomic E-state index is 13.5. The smallest absolute Gasteiger partial charge is 0.214 e. The number of aromatic nitrogens is 1. The van der Waals surface area contributed by atoms with E-state index in [2.05, 4.69) is 15.3 Å². The van der Waals surface area contributed by atoms with Crippen molar-refractivity contribution in [1.82, 2.24) is 4.98 Å². The molecule has 5 nitrogen and oxygen atoms in total. The van der Waals surface area contributed by atoms with Crippen molar-refractivity contribution < 1.29 is 13.5 Å². The summed E-state index contributed by atoms with van der Waals surface area (Å²) in [7, 11) is 0. The van der Waals surface area contributed by atoms with Crippen LogP contribution >= 0.6 is 24.0 Å². The second kappa shape index (κ2) is 8.93. The lowest BCUT2D eigenvalue weighted by atomic mass is 10.2. The van der Waals surface area contributed by atoms with Crippen LogP contribution in [0.4, 0.5) is 14.5 Å². The number of anilines is 1. The molecule has 1 aromatic heterocycles. The summed E-state index contributed by atoms with van der Waals surface area (Å²) < 4.78 is 32.3. The van der Waals surface area contributed by atoms with E-state index < -0.39 is 11.6 Å². The number of halogens is 3. The van der Waals surface area contributed by atoms with Gasteiger partial charge in [-0.15, -0.1) is 24.0 Å². The van der Waals surface area contributed by atoms with Crippen LogP contribution in [0, 0.1) is 11.6 Å². The summed E-state index contributed by atoms with van der Waals surface area (Å²) in [6.07, 6.45) is 0. The van der Waals surface area contributed by atoms with Crippen molar-refractivity contribution in [1.29, 1.82) is 0 Å². The van der Waals surface area contributed by atoms with Gasteiger partial charge in [-0.3, -0.25) is 0 Å². The first kappa shape index (κ1) is 21.1. The molecule has 3 N–H and O–H groups in total. The molecule has 0 aliphatic carbocycles.